The highest BCUT2D eigenvalue weighted by atomic mass is 32.2. The largest absolute Gasteiger partial charge is 0.323 e. The normalized spacial score (nSPS) is 17.2. The van der Waals surface area contributed by atoms with E-state index in [1.807, 2.05) is 18.2 Å². The van der Waals surface area contributed by atoms with Crippen LogP contribution in [0.1, 0.15) is 12.5 Å². The van der Waals surface area contributed by atoms with Crippen LogP contribution in [0.2, 0.25) is 0 Å². The third-order valence-corrected chi connectivity index (χ3v) is 6.94. The minimum Gasteiger partial charge on any atom is -0.323 e. The van der Waals surface area contributed by atoms with Crippen molar-refractivity contribution in [3.8, 4) is 0 Å². The van der Waals surface area contributed by atoms with Gasteiger partial charge in [0.05, 0.1) is 37.6 Å². The molecule has 1 amide bonds. The Bertz CT molecular complexity index is 913. The first-order valence-corrected chi connectivity index (χ1v) is 10.9. The topological polar surface area (TPSA) is 70.9 Å². The number of nitrogens with zero attached hydrogens (tertiary/aromatic N) is 1. The maximum absolute atomic E-state index is 13.7. The maximum Gasteiger partial charge on any atom is 0.282 e. The monoisotopic (exact) mass is 406 g/mol. The molecule has 1 saturated heterocycles. The van der Waals surface area contributed by atoms with Crippen LogP contribution in [0.5, 0.6) is 0 Å². The van der Waals surface area contributed by atoms with Crippen molar-refractivity contribution in [1.29, 1.82) is 0 Å². The standard InChI is InChI=1S/C20H24FN3O3S/c1-16(20(25)22-19-10-6-5-9-18(19)21)23-11-13-24(14-12-23)28(26,27)15-17-7-3-2-4-8-17/h2-10,16H,11-15H2,1H3,(H,22,25)/p+1/t16-/m0/s1. The molecule has 0 radical (unpaired) electrons. The minimum atomic E-state index is -3.39. The average molecular weight is 407 g/mol. The van der Waals surface area contributed by atoms with Crippen LogP contribution in [-0.2, 0) is 20.6 Å². The molecule has 2 aromatic carbocycles. The van der Waals surface area contributed by atoms with Crippen LogP contribution >= 0.6 is 0 Å². The quantitative estimate of drug-likeness (QED) is 0.748. The van der Waals surface area contributed by atoms with E-state index in [4.69, 9.17) is 0 Å². The number of sulfonamides is 1. The third kappa shape index (κ3) is 4.95. The van der Waals surface area contributed by atoms with Crippen LogP contribution in [0.4, 0.5) is 10.1 Å². The molecule has 150 valence electrons. The minimum absolute atomic E-state index is 0.0213. The Hall–Kier alpha value is -2.29. The summed E-state index contributed by atoms with van der Waals surface area (Å²) in [6.07, 6.45) is 0. The summed E-state index contributed by atoms with van der Waals surface area (Å²) in [7, 11) is -3.39. The summed E-state index contributed by atoms with van der Waals surface area (Å²) in [5.74, 6) is -0.775. The van der Waals surface area contributed by atoms with Gasteiger partial charge in [0, 0.05) is 0 Å². The summed E-state index contributed by atoms with van der Waals surface area (Å²) >= 11 is 0. The van der Waals surface area contributed by atoms with Gasteiger partial charge in [0.1, 0.15) is 5.82 Å². The smallest absolute Gasteiger partial charge is 0.282 e. The second kappa shape index (κ2) is 8.81. The van der Waals surface area contributed by atoms with Gasteiger partial charge in [-0.05, 0) is 24.6 Å². The van der Waals surface area contributed by atoms with E-state index < -0.39 is 21.9 Å². The van der Waals surface area contributed by atoms with Gasteiger partial charge in [0.15, 0.2) is 6.04 Å². The zero-order valence-corrected chi connectivity index (χ0v) is 16.6. The molecule has 8 heteroatoms. The number of rotatable bonds is 6. The SMILES string of the molecule is C[C@@H](C(=O)Nc1ccccc1F)[NH+]1CCN(S(=O)(=O)Cc2ccccc2)CC1. The molecular weight excluding hydrogens is 381 g/mol. The Morgan fingerprint density at radius 2 is 1.71 bits per heavy atom. The number of carbonyl (C=O) groups excluding carboxylic acids is 1. The molecule has 0 spiro atoms. The molecule has 0 aromatic heterocycles. The molecule has 0 saturated carbocycles. The number of halogens is 1. The summed E-state index contributed by atoms with van der Waals surface area (Å²) in [4.78, 5) is 13.4. The van der Waals surface area contributed by atoms with Gasteiger partial charge in [-0.15, -0.1) is 0 Å². The first kappa shape index (κ1) is 20.4. The molecule has 6 nitrogen and oxygen atoms in total. The van der Waals surface area contributed by atoms with Crippen molar-refractivity contribution in [3.63, 3.8) is 0 Å². The van der Waals surface area contributed by atoms with Crippen molar-refractivity contribution in [2.45, 2.75) is 18.7 Å². The van der Waals surface area contributed by atoms with E-state index in [-0.39, 0.29) is 17.3 Å². The number of amides is 1. The van der Waals surface area contributed by atoms with Crippen molar-refractivity contribution in [2.24, 2.45) is 0 Å². The molecule has 1 heterocycles. The van der Waals surface area contributed by atoms with Crippen molar-refractivity contribution in [2.75, 3.05) is 31.5 Å². The Kier molecular flexibility index (Phi) is 6.43. The second-order valence-electron chi connectivity index (χ2n) is 6.99. The highest BCUT2D eigenvalue weighted by molar-refractivity contribution is 7.88. The molecule has 1 aliphatic heterocycles. The lowest BCUT2D eigenvalue weighted by atomic mass is 10.2. The highest BCUT2D eigenvalue weighted by Crippen LogP contribution is 2.13. The number of nitrogens with one attached hydrogen (secondary N) is 2. The molecule has 0 bridgehead atoms. The van der Waals surface area contributed by atoms with Crippen LogP contribution in [-0.4, -0.2) is 50.9 Å². The number of anilines is 1. The molecule has 1 aliphatic rings. The first-order valence-electron chi connectivity index (χ1n) is 9.28. The molecule has 28 heavy (non-hydrogen) atoms. The second-order valence-corrected chi connectivity index (χ2v) is 8.96. The number of benzene rings is 2. The fourth-order valence-corrected chi connectivity index (χ4v) is 4.88. The molecule has 2 aromatic rings. The van der Waals surface area contributed by atoms with Crippen molar-refractivity contribution in [3.05, 3.63) is 66.0 Å². The summed E-state index contributed by atoms with van der Waals surface area (Å²) in [5.41, 5.74) is 0.915. The molecule has 1 atom stereocenters. The van der Waals surface area contributed by atoms with Gasteiger partial charge in [-0.3, -0.25) is 4.79 Å². The number of piperazine rings is 1. The van der Waals surface area contributed by atoms with Crippen LogP contribution in [0, 0.1) is 5.82 Å². The molecule has 2 N–H and O–H groups in total. The van der Waals surface area contributed by atoms with Crippen molar-refractivity contribution < 1.29 is 22.5 Å². The maximum atomic E-state index is 13.7. The fourth-order valence-electron chi connectivity index (χ4n) is 3.35. The van der Waals surface area contributed by atoms with Gasteiger partial charge in [0.25, 0.3) is 5.91 Å². The molecule has 0 unspecified atom stereocenters. The van der Waals surface area contributed by atoms with Gasteiger partial charge >= 0.3 is 0 Å². The van der Waals surface area contributed by atoms with Gasteiger partial charge < -0.3 is 10.2 Å². The van der Waals surface area contributed by atoms with Crippen molar-refractivity contribution >= 4 is 21.6 Å². The van der Waals surface area contributed by atoms with Crippen LogP contribution in [0.25, 0.3) is 0 Å². The van der Waals surface area contributed by atoms with E-state index >= 15 is 0 Å². The van der Waals surface area contributed by atoms with Crippen LogP contribution < -0.4 is 10.2 Å². The van der Waals surface area contributed by atoms with Crippen LogP contribution in [0.15, 0.2) is 54.6 Å². The predicted octanol–water partition coefficient (Wildman–Crippen LogP) is 0.883. The Balaban J connectivity index is 1.55. The molecule has 0 aliphatic carbocycles. The van der Waals surface area contributed by atoms with Gasteiger partial charge in [-0.25, -0.2) is 12.8 Å². The van der Waals surface area contributed by atoms with E-state index in [0.717, 1.165) is 10.5 Å². The number of quaternary nitrogens is 1. The number of para-hydroxylation sites is 1. The summed E-state index contributed by atoms with van der Waals surface area (Å²) < 4.78 is 40.5. The third-order valence-electron chi connectivity index (χ3n) is 5.09. The zero-order chi connectivity index (χ0) is 20.1. The number of hydrogen-bond acceptors (Lipinski definition) is 3. The Labute approximate surface area is 165 Å². The fraction of sp³-hybridized carbons (Fsp3) is 0.350. The van der Waals surface area contributed by atoms with E-state index in [2.05, 4.69) is 5.32 Å². The number of carbonyl (C=O) groups is 1. The summed E-state index contributed by atoms with van der Waals surface area (Å²) in [6, 6.07) is 14.7. The van der Waals surface area contributed by atoms with Gasteiger partial charge in [0.2, 0.25) is 10.0 Å². The van der Waals surface area contributed by atoms with E-state index in [0.29, 0.717) is 26.2 Å². The zero-order valence-electron chi connectivity index (χ0n) is 15.8. The van der Waals surface area contributed by atoms with Gasteiger partial charge in [-0.1, -0.05) is 42.5 Å². The Morgan fingerprint density at radius 3 is 2.36 bits per heavy atom. The molecule has 1 fully saturated rings. The van der Waals surface area contributed by atoms with E-state index in [9.17, 15) is 17.6 Å². The lowest BCUT2D eigenvalue weighted by molar-refractivity contribution is -0.917. The van der Waals surface area contributed by atoms with E-state index in [1.54, 1.807) is 31.2 Å². The summed E-state index contributed by atoms with van der Waals surface area (Å²) in [6.45, 7) is 3.56. The first-order chi connectivity index (χ1) is 13.4. The van der Waals surface area contributed by atoms with Crippen molar-refractivity contribution in [1.82, 2.24) is 4.31 Å². The highest BCUT2D eigenvalue weighted by Gasteiger charge is 2.33. The predicted molar refractivity (Wildman–Crippen MR) is 106 cm³/mol. The Morgan fingerprint density at radius 1 is 1.11 bits per heavy atom. The average Bonchev–Trinajstić information content (AvgIpc) is 2.69. The molecular formula is C20H25FN3O3S+. The lowest BCUT2D eigenvalue weighted by Crippen LogP contribution is -3.19. The van der Waals surface area contributed by atoms with E-state index in [1.165, 1.54) is 16.4 Å². The van der Waals surface area contributed by atoms with Gasteiger partial charge in [-0.2, -0.15) is 4.31 Å². The van der Waals surface area contributed by atoms with Crippen LogP contribution in [0.3, 0.4) is 0 Å². The lowest BCUT2D eigenvalue weighted by Gasteiger charge is -2.34. The number of hydrogen-bond donors (Lipinski definition) is 2. The molecule has 3 rings (SSSR count). The summed E-state index contributed by atoms with van der Waals surface area (Å²) in [5, 5.41) is 2.61.